The van der Waals surface area contributed by atoms with Gasteiger partial charge >= 0.3 is 12.0 Å². The lowest BCUT2D eigenvalue weighted by Gasteiger charge is -2.27. The predicted molar refractivity (Wildman–Crippen MR) is 89.8 cm³/mol. The largest absolute Gasteiger partial charge is 0.493 e. The number of rotatable bonds is 5. The molecule has 132 valence electrons. The highest BCUT2D eigenvalue weighted by Crippen LogP contribution is 2.33. The van der Waals surface area contributed by atoms with Gasteiger partial charge in [-0.05, 0) is 44.2 Å². The molecule has 1 aliphatic carbocycles. The van der Waals surface area contributed by atoms with Gasteiger partial charge in [0.05, 0.1) is 20.1 Å². The minimum Gasteiger partial charge on any atom is -0.493 e. The Balaban J connectivity index is 1.94. The van der Waals surface area contributed by atoms with Crippen molar-refractivity contribution in [2.45, 2.75) is 38.6 Å². The van der Waals surface area contributed by atoms with Crippen LogP contribution in [0, 0.1) is 12.8 Å². The maximum Gasteiger partial charge on any atom is 0.319 e. The van der Waals surface area contributed by atoms with E-state index in [1.165, 1.54) is 7.11 Å². The number of nitrogens with one attached hydrogen (secondary N) is 2. The van der Waals surface area contributed by atoms with E-state index < -0.39 is 5.97 Å². The number of hydrogen-bond donors (Lipinski definition) is 3. The molecule has 0 bridgehead atoms. The number of carboxylic acid groups (broad SMARTS) is 1. The van der Waals surface area contributed by atoms with Crippen molar-refractivity contribution in [2.75, 3.05) is 19.5 Å². The lowest BCUT2D eigenvalue weighted by Crippen LogP contribution is -2.41. The number of aliphatic carboxylic acids is 1. The molecule has 0 heterocycles. The van der Waals surface area contributed by atoms with Gasteiger partial charge < -0.3 is 25.2 Å². The molecule has 1 aromatic rings. The monoisotopic (exact) mass is 336 g/mol. The number of carbonyl (C=O) groups excluding carboxylic acids is 1. The molecule has 0 aliphatic heterocycles. The number of anilines is 1. The number of carbonyl (C=O) groups is 2. The summed E-state index contributed by atoms with van der Waals surface area (Å²) in [7, 11) is 3.10. The minimum atomic E-state index is -0.751. The van der Waals surface area contributed by atoms with E-state index in [0.717, 1.165) is 5.56 Å². The van der Waals surface area contributed by atoms with Gasteiger partial charge in [-0.2, -0.15) is 0 Å². The standard InChI is InChI=1S/C17H24N2O5/c1-10-8-14(23-2)15(24-3)9-13(10)19-17(22)18-12-6-4-11(5-7-12)16(20)21/h8-9,11-12H,4-7H2,1-3H3,(H,20,21)(H2,18,19,22). The van der Waals surface area contributed by atoms with Crippen LogP contribution in [0.2, 0.25) is 0 Å². The van der Waals surface area contributed by atoms with Crippen LogP contribution in [0.15, 0.2) is 12.1 Å². The number of aryl methyl sites for hydroxylation is 1. The van der Waals surface area contributed by atoms with Gasteiger partial charge in [0, 0.05) is 17.8 Å². The topological polar surface area (TPSA) is 96.9 Å². The Hall–Kier alpha value is -2.44. The fourth-order valence-electron chi connectivity index (χ4n) is 2.94. The highest BCUT2D eigenvalue weighted by Gasteiger charge is 2.26. The molecule has 3 N–H and O–H groups in total. The average molecular weight is 336 g/mol. The Morgan fingerprint density at radius 1 is 1.08 bits per heavy atom. The highest BCUT2D eigenvalue weighted by atomic mass is 16.5. The van der Waals surface area contributed by atoms with E-state index in [9.17, 15) is 9.59 Å². The van der Waals surface area contributed by atoms with Crippen LogP contribution >= 0.6 is 0 Å². The number of ether oxygens (including phenoxy) is 2. The van der Waals surface area contributed by atoms with E-state index in [-0.39, 0.29) is 18.0 Å². The molecule has 0 radical (unpaired) electrons. The van der Waals surface area contributed by atoms with Crippen LogP contribution in [0.3, 0.4) is 0 Å². The molecule has 0 unspecified atom stereocenters. The van der Waals surface area contributed by atoms with Gasteiger partial charge in [-0.3, -0.25) is 4.79 Å². The number of amides is 2. The summed E-state index contributed by atoms with van der Waals surface area (Å²) in [5.41, 5.74) is 1.50. The van der Waals surface area contributed by atoms with Gasteiger partial charge in [-0.1, -0.05) is 0 Å². The number of methoxy groups -OCH3 is 2. The fourth-order valence-corrected chi connectivity index (χ4v) is 2.94. The Morgan fingerprint density at radius 2 is 1.67 bits per heavy atom. The molecule has 7 nitrogen and oxygen atoms in total. The zero-order chi connectivity index (χ0) is 17.7. The Morgan fingerprint density at radius 3 is 2.21 bits per heavy atom. The SMILES string of the molecule is COc1cc(C)c(NC(=O)NC2CCC(C(=O)O)CC2)cc1OC. The number of urea groups is 1. The molecular formula is C17H24N2O5. The molecular weight excluding hydrogens is 312 g/mol. The summed E-state index contributed by atoms with van der Waals surface area (Å²) in [4.78, 5) is 23.1. The van der Waals surface area contributed by atoms with E-state index >= 15 is 0 Å². The molecule has 1 aromatic carbocycles. The molecule has 0 aromatic heterocycles. The normalized spacial score (nSPS) is 20.1. The molecule has 2 rings (SSSR count). The first-order valence-electron chi connectivity index (χ1n) is 7.97. The fraction of sp³-hybridized carbons (Fsp3) is 0.529. The first-order valence-corrected chi connectivity index (χ1v) is 7.97. The van der Waals surface area contributed by atoms with Crippen LogP contribution in [0.4, 0.5) is 10.5 Å². The van der Waals surface area contributed by atoms with Crippen LogP contribution in [0.5, 0.6) is 11.5 Å². The van der Waals surface area contributed by atoms with Gasteiger partial charge in [0.2, 0.25) is 0 Å². The van der Waals surface area contributed by atoms with Crippen LogP contribution in [0.1, 0.15) is 31.2 Å². The second-order valence-corrected chi connectivity index (χ2v) is 6.01. The first kappa shape index (κ1) is 17.9. The maximum atomic E-state index is 12.2. The Labute approximate surface area is 141 Å². The summed E-state index contributed by atoms with van der Waals surface area (Å²) in [5, 5.41) is 14.7. The van der Waals surface area contributed by atoms with Crippen LogP contribution in [0.25, 0.3) is 0 Å². The van der Waals surface area contributed by atoms with Crippen molar-refractivity contribution in [1.29, 1.82) is 0 Å². The van der Waals surface area contributed by atoms with Crippen LogP contribution in [-0.4, -0.2) is 37.4 Å². The summed E-state index contributed by atoms with van der Waals surface area (Å²) in [6.07, 6.45) is 2.54. The molecule has 0 saturated heterocycles. The summed E-state index contributed by atoms with van der Waals surface area (Å²) >= 11 is 0. The van der Waals surface area contributed by atoms with Crippen LogP contribution < -0.4 is 20.1 Å². The molecule has 7 heteroatoms. The lowest BCUT2D eigenvalue weighted by atomic mass is 9.86. The van der Waals surface area contributed by atoms with Crippen molar-refractivity contribution in [3.05, 3.63) is 17.7 Å². The number of benzene rings is 1. The van der Waals surface area contributed by atoms with E-state index in [2.05, 4.69) is 10.6 Å². The van der Waals surface area contributed by atoms with E-state index in [1.54, 1.807) is 19.2 Å². The minimum absolute atomic E-state index is 0.000972. The van der Waals surface area contributed by atoms with Gasteiger partial charge in [0.25, 0.3) is 0 Å². The molecule has 24 heavy (non-hydrogen) atoms. The zero-order valence-corrected chi connectivity index (χ0v) is 14.2. The third-order valence-electron chi connectivity index (χ3n) is 4.39. The summed E-state index contributed by atoms with van der Waals surface area (Å²) in [6.45, 7) is 1.87. The quantitative estimate of drug-likeness (QED) is 0.768. The Bertz CT molecular complexity index is 609. The third kappa shape index (κ3) is 4.31. The second-order valence-electron chi connectivity index (χ2n) is 6.01. The molecule has 1 fully saturated rings. The molecule has 1 saturated carbocycles. The maximum absolute atomic E-state index is 12.2. The number of hydrogen-bond acceptors (Lipinski definition) is 4. The highest BCUT2D eigenvalue weighted by molar-refractivity contribution is 5.90. The molecule has 2 amide bonds. The lowest BCUT2D eigenvalue weighted by molar-refractivity contribution is -0.142. The summed E-state index contributed by atoms with van der Waals surface area (Å²) < 4.78 is 10.5. The van der Waals surface area contributed by atoms with Gasteiger partial charge in [-0.25, -0.2) is 4.79 Å². The van der Waals surface area contributed by atoms with Crippen LogP contribution in [-0.2, 0) is 4.79 Å². The van der Waals surface area contributed by atoms with E-state index in [0.29, 0.717) is 42.9 Å². The molecule has 1 aliphatic rings. The molecule has 0 atom stereocenters. The van der Waals surface area contributed by atoms with Crippen molar-refractivity contribution in [3.63, 3.8) is 0 Å². The summed E-state index contributed by atoms with van der Waals surface area (Å²) in [5.74, 6) is 0.103. The smallest absolute Gasteiger partial charge is 0.319 e. The third-order valence-corrected chi connectivity index (χ3v) is 4.39. The van der Waals surface area contributed by atoms with Crippen molar-refractivity contribution in [3.8, 4) is 11.5 Å². The number of carboxylic acids is 1. The molecule has 0 spiro atoms. The van der Waals surface area contributed by atoms with E-state index in [4.69, 9.17) is 14.6 Å². The predicted octanol–water partition coefficient (Wildman–Crippen LogP) is 2.78. The second kappa shape index (κ2) is 7.90. The Kier molecular flexibility index (Phi) is 5.89. The van der Waals surface area contributed by atoms with Crippen molar-refractivity contribution in [2.24, 2.45) is 5.92 Å². The van der Waals surface area contributed by atoms with Crippen molar-refractivity contribution in [1.82, 2.24) is 5.32 Å². The van der Waals surface area contributed by atoms with E-state index in [1.807, 2.05) is 6.92 Å². The van der Waals surface area contributed by atoms with Gasteiger partial charge in [-0.15, -0.1) is 0 Å². The van der Waals surface area contributed by atoms with Crippen molar-refractivity contribution >= 4 is 17.7 Å². The van der Waals surface area contributed by atoms with Crippen molar-refractivity contribution < 1.29 is 24.2 Å². The zero-order valence-electron chi connectivity index (χ0n) is 14.2. The average Bonchev–Trinajstić information content (AvgIpc) is 2.56. The van der Waals surface area contributed by atoms with Gasteiger partial charge in [0.15, 0.2) is 11.5 Å². The first-order chi connectivity index (χ1) is 11.4. The van der Waals surface area contributed by atoms with Gasteiger partial charge in [0.1, 0.15) is 0 Å². The summed E-state index contributed by atoms with van der Waals surface area (Å²) in [6, 6.07) is 3.21.